The summed E-state index contributed by atoms with van der Waals surface area (Å²) in [6, 6.07) is 4.48. The number of carbonyl (C=O) groups is 3. The van der Waals surface area contributed by atoms with E-state index in [0.29, 0.717) is 5.56 Å². The number of fused-ring (bicyclic) bond motifs is 1. The van der Waals surface area contributed by atoms with Crippen LogP contribution in [0.15, 0.2) is 22.7 Å². The molecule has 2 rings (SSSR count). The van der Waals surface area contributed by atoms with Crippen LogP contribution in [0.2, 0.25) is 0 Å². The summed E-state index contributed by atoms with van der Waals surface area (Å²) < 4.78 is 6.05. The summed E-state index contributed by atoms with van der Waals surface area (Å²) in [6.07, 6.45) is 0.160. The van der Waals surface area contributed by atoms with Crippen LogP contribution >= 0.6 is 15.9 Å². The van der Waals surface area contributed by atoms with E-state index in [1.807, 2.05) is 6.07 Å². The van der Waals surface area contributed by atoms with E-state index in [4.69, 9.17) is 10.5 Å². The highest BCUT2D eigenvalue weighted by atomic mass is 79.9. The summed E-state index contributed by atoms with van der Waals surface area (Å²) in [5.41, 5.74) is 6.25. The van der Waals surface area contributed by atoms with Crippen LogP contribution in [0.5, 0.6) is 0 Å². The maximum absolute atomic E-state index is 12.5. The van der Waals surface area contributed by atoms with Gasteiger partial charge in [-0.05, 0) is 44.9 Å². The van der Waals surface area contributed by atoms with Crippen LogP contribution in [-0.2, 0) is 20.9 Å². The van der Waals surface area contributed by atoms with Gasteiger partial charge in [0, 0.05) is 23.0 Å². The largest absolute Gasteiger partial charge is 0.460 e. The van der Waals surface area contributed by atoms with E-state index in [2.05, 4.69) is 15.9 Å². The molecule has 0 aromatic heterocycles. The van der Waals surface area contributed by atoms with Gasteiger partial charge in [0.2, 0.25) is 5.91 Å². The van der Waals surface area contributed by atoms with E-state index >= 15 is 0 Å². The number of rotatable bonds is 5. The van der Waals surface area contributed by atoms with E-state index in [1.165, 1.54) is 4.90 Å². The molecular formula is C17H21BrN2O4. The minimum atomic E-state index is -0.843. The van der Waals surface area contributed by atoms with Crippen molar-refractivity contribution in [1.82, 2.24) is 4.90 Å². The standard InChI is InChI=1S/C17H21BrN2O4/c1-17(2,3)24-14(21)8-7-13(15(19)22)20-9-11-10(16(20)23)5-4-6-12(11)18/h4-6,13H,7-9H2,1-3H3,(H2,19,22). The number of carbonyl (C=O) groups excluding carboxylic acids is 3. The zero-order valence-corrected chi connectivity index (χ0v) is 15.6. The van der Waals surface area contributed by atoms with Crippen LogP contribution < -0.4 is 5.73 Å². The second kappa shape index (κ2) is 6.93. The number of hydrogen-bond acceptors (Lipinski definition) is 4. The molecule has 2 N–H and O–H groups in total. The van der Waals surface area contributed by atoms with Gasteiger partial charge in [-0.2, -0.15) is 0 Å². The molecule has 1 unspecified atom stereocenters. The monoisotopic (exact) mass is 396 g/mol. The number of hydrogen-bond donors (Lipinski definition) is 1. The van der Waals surface area contributed by atoms with Crippen LogP contribution in [0.3, 0.4) is 0 Å². The molecule has 130 valence electrons. The average Bonchev–Trinajstić information content (AvgIpc) is 2.76. The van der Waals surface area contributed by atoms with Gasteiger partial charge in [-0.15, -0.1) is 0 Å². The Balaban J connectivity index is 2.10. The normalized spacial score (nSPS) is 15.2. The van der Waals surface area contributed by atoms with Crippen molar-refractivity contribution < 1.29 is 19.1 Å². The summed E-state index contributed by atoms with van der Waals surface area (Å²) in [5.74, 6) is -1.30. The number of benzene rings is 1. The van der Waals surface area contributed by atoms with Gasteiger partial charge in [0.25, 0.3) is 5.91 Å². The Hall–Kier alpha value is -1.89. The van der Waals surface area contributed by atoms with Gasteiger partial charge in [-0.1, -0.05) is 22.0 Å². The van der Waals surface area contributed by atoms with Gasteiger partial charge < -0.3 is 15.4 Å². The lowest BCUT2D eigenvalue weighted by Crippen LogP contribution is -2.45. The molecule has 2 amide bonds. The van der Waals surface area contributed by atoms with Crippen LogP contribution in [-0.4, -0.2) is 34.3 Å². The Bertz CT molecular complexity index is 682. The first-order valence-electron chi connectivity index (χ1n) is 7.69. The van der Waals surface area contributed by atoms with Gasteiger partial charge in [0.1, 0.15) is 11.6 Å². The molecule has 1 aliphatic rings. The lowest BCUT2D eigenvalue weighted by molar-refractivity contribution is -0.155. The van der Waals surface area contributed by atoms with Crippen LogP contribution in [0, 0.1) is 0 Å². The van der Waals surface area contributed by atoms with E-state index in [9.17, 15) is 14.4 Å². The summed E-state index contributed by atoms with van der Waals surface area (Å²) in [7, 11) is 0. The number of esters is 1. The molecule has 0 fully saturated rings. The first-order valence-corrected chi connectivity index (χ1v) is 8.49. The Morgan fingerprint density at radius 2 is 2.04 bits per heavy atom. The number of nitrogens with two attached hydrogens (primary N) is 1. The second-order valence-corrected chi connectivity index (χ2v) is 7.60. The maximum Gasteiger partial charge on any atom is 0.306 e. The maximum atomic E-state index is 12.5. The van der Waals surface area contributed by atoms with Crippen molar-refractivity contribution >= 4 is 33.7 Å². The molecule has 0 saturated heterocycles. The quantitative estimate of drug-likeness (QED) is 0.773. The van der Waals surface area contributed by atoms with Crippen molar-refractivity contribution in [3.05, 3.63) is 33.8 Å². The van der Waals surface area contributed by atoms with Crippen molar-refractivity contribution in [2.75, 3.05) is 0 Å². The van der Waals surface area contributed by atoms with Crippen LogP contribution in [0.1, 0.15) is 49.5 Å². The first kappa shape index (κ1) is 18.4. The highest BCUT2D eigenvalue weighted by Crippen LogP contribution is 2.31. The molecular weight excluding hydrogens is 376 g/mol. The Morgan fingerprint density at radius 3 is 2.58 bits per heavy atom. The SMILES string of the molecule is CC(C)(C)OC(=O)CCC(C(N)=O)N1Cc2c(Br)cccc2C1=O. The third-order valence-corrected chi connectivity index (χ3v) is 4.43. The Labute approximate surface area is 149 Å². The minimum absolute atomic E-state index is 0.0200. The molecule has 24 heavy (non-hydrogen) atoms. The number of nitrogens with zero attached hydrogens (tertiary/aromatic N) is 1. The van der Waals surface area contributed by atoms with Gasteiger partial charge in [0.05, 0.1) is 0 Å². The summed E-state index contributed by atoms with van der Waals surface area (Å²) in [5, 5.41) is 0. The van der Waals surface area contributed by atoms with Gasteiger partial charge in [0.15, 0.2) is 0 Å². The van der Waals surface area contributed by atoms with E-state index < -0.39 is 23.5 Å². The van der Waals surface area contributed by atoms with E-state index in [1.54, 1.807) is 32.9 Å². The van der Waals surface area contributed by atoms with Crippen molar-refractivity contribution in [3.8, 4) is 0 Å². The molecule has 0 aliphatic carbocycles. The fraction of sp³-hybridized carbons (Fsp3) is 0.471. The zero-order valence-electron chi connectivity index (χ0n) is 14.0. The highest BCUT2D eigenvalue weighted by Gasteiger charge is 2.36. The molecule has 7 heteroatoms. The summed E-state index contributed by atoms with van der Waals surface area (Å²) in [4.78, 5) is 37.7. The third-order valence-electron chi connectivity index (χ3n) is 3.69. The zero-order chi connectivity index (χ0) is 18.1. The molecule has 1 atom stereocenters. The Morgan fingerprint density at radius 1 is 1.38 bits per heavy atom. The second-order valence-electron chi connectivity index (χ2n) is 6.74. The fourth-order valence-corrected chi connectivity index (χ4v) is 3.16. The molecule has 1 aromatic carbocycles. The van der Waals surface area contributed by atoms with Crippen molar-refractivity contribution in [2.45, 2.75) is 51.8 Å². The van der Waals surface area contributed by atoms with Gasteiger partial charge in [-0.3, -0.25) is 14.4 Å². The Kier molecular flexibility index (Phi) is 5.32. The number of amides is 2. The summed E-state index contributed by atoms with van der Waals surface area (Å²) in [6.45, 7) is 5.61. The average molecular weight is 397 g/mol. The number of ether oxygens (including phenoxy) is 1. The van der Waals surface area contributed by atoms with Crippen molar-refractivity contribution in [1.29, 1.82) is 0 Å². The predicted octanol–water partition coefficient (Wildman–Crippen LogP) is 2.38. The predicted molar refractivity (Wildman–Crippen MR) is 92.1 cm³/mol. The van der Waals surface area contributed by atoms with Gasteiger partial charge >= 0.3 is 5.97 Å². The molecule has 0 bridgehead atoms. The van der Waals surface area contributed by atoms with Crippen molar-refractivity contribution in [2.24, 2.45) is 5.73 Å². The molecule has 6 nitrogen and oxygen atoms in total. The lowest BCUT2D eigenvalue weighted by Gasteiger charge is -2.25. The molecule has 1 heterocycles. The number of primary amides is 1. The van der Waals surface area contributed by atoms with E-state index in [-0.39, 0.29) is 25.3 Å². The molecule has 0 spiro atoms. The molecule has 1 aliphatic heterocycles. The fourth-order valence-electron chi connectivity index (χ4n) is 2.67. The van der Waals surface area contributed by atoms with Gasteiger partial charge in [-0.25, -0.2) is 0 Å². The topological polar surface area (TPSA) is 89.7 Å². The third kappa shape index (κ3) is 4.14. The minimum Gasteiger partial charge on any atom is -0.460 e. The highest BCUT2D eigenvalue weighted by molar-refractivity contribution is 9.10. The van der Waals surface area contributed by atoms with Crippen LogP contribution in [0.25, 0.3) is 0 Å². The first-order chi connectivity index (χ1) is 11.1. The van der Waals surface area contributed by atoms with Crippen molar-refractivity contribution in [3.63, 3.8) is 0 Å². The van der Waals surface area contributed by atoms with Crippen LogP contribution in [0.4, 0.5) is 0 Å². The number of halogens is 1. The lowest BCUT2D eigenvalue weighted by atomic mass is 10.1. The summed E-state index contributed by atoms with van der Waals surface area (Å²) >= 11 is 3.41. The smallest absolute Gasteiger partial charge is 0.306 e. The molecule has 0 radical (unpaired) electrons. The van der Waals surface area contributed by atoms with E-state index in [0.717, 1.165) is 10.0 Å². The molecule has 1 aromatic rings. The molecule has 0 saturated carbocycles.